The highest BCUT2D eigenvalue weighted by Gasteiger charge is 2.44. The average molecular weight is 465 g/mol. The molecule has 2 aromatic rings. The number of ether oxygens (including phenoxy) is 1. The highest BCUT2D eigenvalue weighted by atomic mass is 19.4. The van der Waals surface area contributed by atoms with Gasteiger partial charge in [0.05, 0.1) is 23.8 Å². The number of carbonyl (C=O) groups excluding carboxylic acids is 1. The predicted molar refractivity (Wildman–Crippen MR) is 116 cm³/mol. The van der Waals surface area contributed by atoms with Gasteiger partial charge in [-0.1, -0.05) is 36.4 Å². The lowest BCUT2D eigenvalue weighted by atomic mass is 9.77. The zero-order valence-corrected chi connectivity index (χ0v) is 18.4. The van der Waals surface area contributed by atoms with Gasteiger partial charge in [0.1, 0.15) is 6.67 Å². The molecule has 2 saturated heterocycles. The molecule has 2 N–H and O–H groups in total. The van der Waals surface area contributed by atoms with Crippen LogP contribution in [-0.4, -0.2) is 24.6 Å². The van der Waals surface area contributed by atoms with Crippen molar-refractivity contribution in [2.45, 2.75) is 69.2 Å². The molecule has 0 radical (unpaired) electrons. The number of alkyl halides is 4. The Morgan fingerprint density at radius 1 is 1.12 bits per heavy atom. The molecule has 8 heteroatoms. The molecule has 0 saturated carbocycles. The molecule has 2 fully saturated rings. The van der Waals surface area contributed by atoms with Crippen LogP contribution in [0.4, 0.5) is 17.6 Å². The fraction of sp³-hybridized carbons (Fsp3) is 0.480. The van der Waals surface area contributed by atoms with Gasteiger partial charge in [0, 0.05) is 18.5 Å². The van der Waals surface area contributed by atoms with Gasteiger partial charge in [0.15, 0.2) is 0 Å². The van der Waals surface area contributed by atoms with Gasteiger partial charge in [-0.05, 0) is 55.0 Å². The number of hydrogen-bond donors (Lipinski definition) is 2. The van der Waals surface area contributed by atoms with Gasteiger partial charge in [0.25, 0.3) is 0 Å². The third kappa shape index (κ3) is 5.22. The minimum Gasteiger partial charge on any atom is -0.372 e. The predicted octanol–water partition coefficient (Wildman–Crippen LogP) is 5.18. The molecule has 33 heavy (non-hydrogen) atoms. The third-order valence-corrected chi connectivity index (χ3v) is 6.73. The van der Waals surface area contributed by atoms with Gasteiger partial charge in [-0.3, -0.25) is 4.79 Å². The molecule has 4 rings (SSSR count). The summed E-state index contributed by atoms with van der Waals surface area (Å²) in [5.74, 6) is 0.0587. The molecule has 2 heterocycles. The van der Waals surface area contributed by atoms with Crippen LogP contribution in [0.15, 0.2) is 48.5 Å². The number of amides is 1. The molecule has 2 aliphatic heterocycles. The standard InChI is InChI=1S/C25H28F4N2O2/c1-16(18-11-17(14-26)12-20(13-18)25(27,28)29)33-15-24(19-5-3-2-4-6-19)10-9-21-22(31-24)7-8-23(32)30-21/h2-6,11-13,16,21-22,31H,7-10,14-15H2,1H3,(H,30,32)/t16-,21?,22-,24?/m1/s1. The molecular formula is C25H28F4N2O2. The molecule has 0 aliphatic carbocycles. The first-order valence-corrected chi connectivity index (χ1v) is 11.2. The summed E-state index contributed by atoms with van der Waals surface area (Å²) in [6.45, 7) is 0.938. The van der Waals surface area contributed by atoms with E-state index in [1.54, 1.807) is 6.92 Å². The van der Waals surface area contributed by atoms with E-state index in [-0.39, 0.29) is 30.2 Å². The number of hydrogen-bond acceptors (Lipinski definition) is 3. The molecular weight excluding hydrogens is 436 g/mol. The Morgan fingerprint density at radius 3 is 2.58 bits per heavy atom. The third-order valence-electron chi connectivity index (χ3n) is 6.73. The Labute approximate surface area is 190 Å². The Balaban J connectivity index is 1.57. The molecule has 2 aliphatic rings. The lowest BCUT2D eigenvalue weighted by Crippen LogP contribution is -2.64. The zero-order valence-electron chi connectivity index (χ0n) is 18.4. The number of carbonyl (C=O) groups is 1. The molecule has 178 valence electrons. The Bertz CT molecular complexity index is 982. The number of fused-ring (bicyclic) bond motifs is 1. The lowest BCUT2D eigenvalue weighted by Gasteiger charge is -2.48. The Kier molecular flexibility index (Phi) is 6.77. The van der Waals surface area contributed by atoms with Gasteiger partial charge in [-0.2, -0.15) is 13.2 Å². The SMILES string of the molecule is C[C@@H](OCC1(c2ccccc2)CCC2NC(=O)CC[C@H]2N1)c1cc(CF)cc(C(F)(F)F)c1. The van der Waals surface area contributed by atoms with Crippen LogP contribution in [0.2, 0.25) is 0 Å². The minimum absolute atomic E-state index is 0.0235. The molecule has 2 unspecified atom stereocenters. The maximum Gasteiger partial charge on any atom is 0.416 e. The average Bonchev–Trinajstić information content (AvgIpc) is 2.82. The second-order valence-corrected chi connectivity index (χ2v) is 9.00. The first-order valence-electron chi connectivity index (χ1n) is 11.2. The zero-order chi connectivity index (χ0) is 23.6. The van der Waals surface area contributed by atoms with Crippen LogP contribution >= 0.6 is 0 Å². The van der Waals surface area contributed by atoms with E-state index >= 15 is 0 Å². The summed E-state index contributed by atoms with van der Waals surface area (Å²) in [7, 11) is 0. The fourth-order valence-corrected chi connectivity index (χ4v) is 4.88. The van der Waals surface area contributed by atoms with E-state index in [0.29, 0.717) is 24.8 Å². The largest absolute Gasteiger partial charge is 0.416 e. The molecule has 0 spiro atoms. The van der Waals surface area contributed by atoms with E-state index in [1.165, 1.54) is 6.07 Å². The maximum atomic E-state index is 13.3. The molecule has 0 aromatic heterocycles. The molecule has 4 nitrogen and oxygen atoms in total. The van der Waals surface area contributed by atoms with Crippen molar-refractivity contribution in [2.75, 3.05) is 6.61 Å². The number of halogens is 4. The van der Waals surface area contributed by atoms with Crippen molar-refractivity contribution in [3.8, 4) is 0 Å². The van der Waals surface area contributed by atoms with Crippen molar-refractivity contribution in [3.63, 3.8) is 0 Å². The van der Waals surface area contributed by atoms with Crippen LogP contribution in [0, 0.1) is 0 Å². The first kappa shape index (κ1) is 23.7. The van der Waals surface area contributed by atoms with Gasteiger partial charge in [0.2, 0.25) is 5.91 Å². The van der Waals surface area contributed by atoms with Gasteiger partial charge >= 0.3 is 6.18 Å². The summed E-state index contributed by atoms with van der Waals surface area (Å²) in [6.07, 6.45) is -2.59. The monoisotopic (exact) mass is 464 g/mol. The topological polar surface area (TPSA) is 50.4 Å². The summed E-state index contributed by atoms with van der Waals surface area (Å²) in [5.41, 5.74) is -0.119. The molecule has 2 aromatic carbocycles. The molecule has 0 bridgehead atoms. The van der Waals surface area contributed by atoms with Crippen molar-refractivity contribution in [2.24, 2.45) is 0 Å². The van der Waals surface area contributed by atoms with Crippen molar-refractivity contribution >= 4 is 5.91 Å². The van der Waals surface area contributed by atoms with E-state index in [2.05, 4.69) is 10.6 Å². The second-order valence-electron chi connectivity index (χ2n) is 9.00. The van der Waals surface area contributed by atoms with E-state index in [0.717, 1.165) is 24.1 Å². The molecule has 1 amide bonds. The molecule has 4 atom stereocenters. The van der Waals surface area contributed by atoms with Crippen molar-refractivity contribution < 1.29 is 27.1 Å². The fourth-order valence-electron chi connectivity index (χ4n) is 4.88. The number of benzene rings is 2. The van der Waals surface area contributed by atoms with Crippen molar-refractivity contribution in [1.29, 1.82) is 0 Å². The highest BCUT2D eigenvalue weighted by molar-refractivity contribution is 5.77. The highest BCUT2D eigenvalue weighted by Crippen LogP contribution is 2.37. The van der Waals surface area contributed by atoms with E-state index < -0.39 is 30.1 Å². The number of rotatable bonds is 6. The van der Waals surface area contributed by atoms with Crippen LogP contribution in [-0.2, 0) is 27.9 Å². The number of nitrogens with one attached hydrogen (secondary N) is 2. The quantitative estimate of drug-likeness (QED) is 0.580. The summed E-state index contributed by atoms with van der Waals surface area (Å²) in [6, 6.07) is 13.3. The Morgan fingerprint density at radius 2 is 1.88 bits per heavy atom. The van der Waals surface area contributed by atoms with Crippen molar-refractivity contribution in [1.82, 2.24) is 10.6 Å². The van der Waals surface area contributed by atoms with E-state index in [9.17, 15) is 22.4 Å². The van der Waals surface area contributed by atoms with Crippen LogP contribution in [0.5, 0.6) is 0 Å². The summed E-state index contributed by atoms with van der Waals surface area (Å²) in [4.78, 5) is 11.8. The summed E-state index contributed by atoms with van der Waals surface area (Å²) >= 11 is 0. The van der Waals surface area contributed by atoms with Crippen molar-refractivity contribution in [3.05, 3.63) is 70.8 Å². The smallest absolute Gasteiger partial charge is 0.372 e. The Hall–Kier alpha value is -2.45. The van der Waals surface area contributed by atoms with Crippen LogP contribution in [0.1, 0.15) is 61.0 Å². The van der Waals surface area contributed by atoms with Crippen LogP contribution in [0.3, 0.4) is 0 Å². The summed E-state index contributed by atoms with van der Waals surface area (Å²) < 4.78 is 59.3. The van der Waals surface area contributed by atoms with Gasteiger partial charge in [-0.25, -0.2) is 4.39 Å². The summed E-state index contributed by atoms with van der Waals surface area (Å²) in [5, 5.41) is 6.74. The van der Waals surface area contributed by atoms with Gasteiger partial charge < -0.3 is 15.4 Å². The van der Waals surface area contributed by atoms with Gasteiger partial charge in [-0.15, -0.1) is 0 Å². The first-order chi connectivity index (χ1) is 15.7. The van der Waals surface area contributed by atoms with Crippen LogP contribution in [0.25, 0.3) is 0 Å². The minimum atomic E-state index is -4.56. The maximum absolute atomic E-state index is 13.3. The normalized spacial score (nSPS) is 26.4. The van der Waals surface area contributed by atoms with E-state index in [1.807, 2.05) is 30.3 Å². The number of piperidine rings is 2. The lowest BCUT2D eigenvalue weighted by molar-refractivity contribution is -0.137. The van der Waals surface area contributed by atoms with Crippen LogP contribution < -0.4 is 10.6 Å². The second kappa shape index (κ2) is 9.43. The van der Waals surface area contributed by atoms with E-state index in [4.69, 9.17) is 4.74 Å².